The summed E-state index contributed by atoms with van der Waals surface area (Å²) in [5, 5.41) is 4.14. The molecule has 6 heteroatoms. The van der Waals surface area contributed by atoms with Gasteiger partial charge in [0.05, 0.1) is 17.6 Å². The molecule has 0 saturated carbocycles. The van der Waals surface area contributed by atoms with E-state index < -0.39 is 0 Å². The Labute approximate surface area is 177 Å². The van der Waals surface area contributed by atoms with Crippen LogP contribution in [-0.4, -0.2) is 16.2 Å². The minimum atomic E-state index is 0.642. The van der Waals surface area contributed by atoms with E-state index in [1.54, 1.807) is 0 Å². The van der Waals surface area contributed by atoms with Crippen molar-refractivity contribution in [2.45, 2.75) is 13.5 Å². The quantitative estimate of drug-likeness (QED) is 0.362. The number of aromatic nitrogens is 2. The topological polar surface area (TPSA) is 39.1 Å². The van der Waals surface area contributed by atoms with Gasteiger partial charge in [0.1, 0.15) is 5.75 Å². The third kappa shape index (κ3) is 4.01. The first-order valence-corrected chi connectivity index (χ1v) is 10.2. The van der Waals surface area contributed by atoms with Gasteiger partial charge in [-0.05, 0) is 67.1 Å². The van der Waals surface area contributed by atoms with Crippen LogP contribution < -0.4 is 10.1 Å². The monoisotopic (exact) mass is 455 g/mol. The number of hydrogen-bond donors (Lipinski definition) is 1. The van der Waals surface area contributed by atoms with Crippen LogP contribution in [0.5, 0.6) is 5.75 Å². The summed E-state index contributed by atoms with van der Waals surface area (Å²) in [5.41, 5.74) is 4.00. The van der Waals surface area contributed by atoms with Crippen molar-refractivity contribution in [1.29, 1.82) is 0 Å². The van der Waals surface area contributed by atoms with Crippen molar-refractivity contribution in [2.24, 2.45) is 0 Å². The molecule has 1 heterocycles. The molecule has 1 aromatic heterocycles. The molecule has 4 rings (SSSR count). The smallest absolute Gasteiger partial charge is 0.208 e. The zero-order chi connectivity index (χ0) is 19.5. The molecule has 0 aliphatic rings. The lowest BCUT2D eigenvalue weighted by molar-refractivity contribution is 0.340. The molecule has 3 aromatic carbocycles. The van der Waals surface area contributed by atoms with E-state index in [2.05, 4.69) is 37.9 Å². The van der Waals surface area contributed by atoms with Crippen LogP contribution in [0.25, 0.3) is 16.7 Å². The van der Waals surface area contributed by atoms with Gasteiger partial charge in [-0.15, -0.1) is 0 Å². The lowest BCUT2D eigenvalue weighted by Gasteiger charge is -2.12. The van der Waals surface area contributed by atoms with E-state index in [0.717, 1.165) is 32.9 Å². The van der Waals surface area contributed by atoms with Gasteiger partial charge >= 0.3 is 0 Å². The molecular formula is C22H19BrClN3O. The van der Waals surface area contributed by atoms with Gasteiger partial charge in [0.2, 0.25) is 5.95 Å². The number of hydrogen-bond acceptors (Lipinski definition) is 3. The number of nitrogens with one attached hydrogen (secondary N) is 1. The van der Waals surface area contributed by atoms with Gasteiger partial charge < -0.3 is 10.1 Å². The largest absolute Gasteiger partial charge is 0.494 e. The summed E-state index contributed by atoms with van der Waals surface area (Å²) in [6.45, 7) is 3.29. The van der Waals surface area contributed by atoms with Crippen LogP contribution in [0.2, 0.25) is 5.02 Å². The molecule has 0 unspecified atom stereocenters. The van der Waals surface area contributed by atoms with Crippen LogP contribution in [0.4, 0.5) is 5.95 Å². The van der Waals surface area contributed by atoms with E-state index in [1.807, 2.05) is 61.5 Å². The molecule has 4 aromatic rings. The maximum atomic E-state index is 6.26. The first-order valence-electron chi connectivity index (χ1n) is 9.03. The van der Waals surface area contributed by atoms with Crippen LogP contribution in [0, 0.1) is 0 Å². The highest BCUT2D eigenvalue weighted by molar-refractivity contribution is 9.10. The number of nitrogens with zero attached hydrogens (tertiary/aromatic N) is 2. The highest BCUT2D eigenvalue weighted by atomic mass is 79.9. The first-order chi connectivity index (χ1) is 13.6. The number of fused-ring (bicyclic) bond motifs is 1. The predicted octanol–water partition coefficient (Wildman–Crippen LogP) is 6.45. The number of halogens is 2. The molecule has 142 valence electrons. The maximum Gasteiger partial charge on any atom is 0.208 e. The zero-order valence-electron chi connectivity index (χ0n) is 15.3. The summed E-state index contributed by atoms with van der Waals surface area (Å²) < 4.78 is 8.71. The lowest BCUT2D eigenvalue weighted by Crippen LogP contribution is -2.06. The highest BCUT2D eigenvalue weighted by Gasteiger charge is 2.13. The van der Waals surface area contributed by atoms with Crippen LogP contribution in [0.3, 0.4) is 0 Å². The minimum absolute atomic E-state index is 0.642. The number of anilines is 1. The Morgan fingerprint density at radius 3 is 2.50 bits per heavy atom. The van der Waals surface area contributed by atoms with Crippen LogP contribution >= 0.6 is 27.5 Å². The van der Waals surface area contributed by atoms with Crippen molar-refractivity contribution in [2.75, 3.05) is 11.9 Å². The maximum absolute atomic E-state index is 6.26. The lowest BCUT2D eigenvalue weighted by atomic mass is 10.2. The third-order valence-electron chi connectivity index (χ3n) is 4.39. The molecule has 4 nitrogen and oxygen atoms in total. The van der Waals surface area contributed by atoms with Crippen LogP contribution in [0.15, 0.2) is 71.2 Å². The summed E-state index contributed by atoms with van der Waals surface area (Å²) in [6, 6.07) is 21.9. The Morgan fingerprint density at radius 2 is 1.79 bits per heavy atom. The Morgan fingerprint density at radius 1 is 1.04 bits per heavy atom. The van der Waals surface area contributed by atoms with Crippen molar-refractivity contribution in [3.63, 3.8) is 0 Å². The van der Waals surface area contributed by atoms with Crippen molar-refractivity contribution in [1.82, 2.24) is 9.55 Å². The standard InChI is InChI=1S/C22H19BrClN3O/c1-2-28-19-10-8-18(9-11-19)27-21-13-17(24)7-12-20(21)26-22(27)25-14-15-3-5-16(23)6-4-15/h3-13H,2,14H2,1H3,(H,25,26). The van der Waals surface area contributed by atoms with E-state index in [9.17, 15) is 0 Å². The van der Waals surface area contributed by atoms with Crippen LogP contribution in [-0.2, 0) is 6.54 Å². The molecular weight excluding hydrogens is 438 g/mol. The average Bonchev–Trinajstić information content (AvgIpc) is 3.06. The molecule has 0 amide bonds. The second-order valence-electron chi connectivity index (χ2n) is 6.31. The van der Waals surface area contributed by atoms with Gasteiger partial charge in [-0.1, -0.05) is 39.7 Å². The van der Waals surface area contributed by atoms with E-state index in [4.69, 9.17) is 21.3 Å². The molecule has 28 heavy (non-hydrogen) atoms. The number of benzene rings is 3. The Balaban J connectivity index is 1.72. The van der Waals surface area contributed by atoms with Crippen molar-refractivity contribution in [3.05, 3.63) is 81.8 Å². The summed E-state index contributed by atoms with van der Waals surface area (Å²) in [5.74, 6) is 1.61. The molecule has 0 radical (unpaired) electrons. The third-order valence-corrected chi connectivity index (χ3v) is 5.15. The Kier molecular flexibility index (Phi) is 5.55. The van der Waals surface area contributed by atoms with Gasteiger partial charge in [0, 0.05) is 21.7 Å². The molecule has 0 aliphatic heterocycles. The average molecular weight is 457 g/mol. The first kappa shape index (κ1) is 18.8. The van der Waals surface area contributed by atoms with E-state index >= 15 is 0 Å². The molecule has 1 N–H and O–H groups in total. The fourth-order valence-electron chi connectivity index (χ4n) is 3.07. The number of ether oxygens (including phenoxy) is 1. The predicted molar refractivity (Wildman–Crippen MR) is 119 cm³/mol. The molecule has 0 bridgehead atoms. The molecule has 0 saturated heterocycles. The van der Waals surface area contributed by atoms with Crippen molar-refractivity contribution < 1.29 is 4.74 Å². The summed E-state index contributed by atoms with van der Waals surface area (Å²) in [6.07, 6.45) is 0. The molecule has 0 fully saturated rings. The Bertz CT molecular complexity index is 1090. The van der Waals surface area contributed by atoms with Gasteiger partial charge in [-0.3, -0.25) is 4.57 Å². The van der Waals surface area contributed by atoms with E-state index in [1.165, 1.54) is 5.56 Å². The van der Waals surface area contributed by atoms with E-state index in [0.29, 0.717) is 18.2 Å². The minimum Gasteiger partial charge on any atom is -0.494 e. The molecule has 0 atom stereocenters. The van der Waals surface area contributed by atoms with E-state index in [-0.39, 0.29) is 0 Å². The second-order valence-corrected chi connectivity index (χ2v) is 7.66. The number of rotatable bonds is 6. The highest BCUT2D eigenvalue weighted by Crippen LogP contribution is 2.28. The van der Waals surface area contributed by atoms with Crippen LogP contribution in [0.1, 0.15) is 12.5 Å². The summed E-state index contributed by atoms with van der Waals surface area (Å²) >= 11 is 9.73. The zero-order valence-corrected chi connectivity index (χ0v) is 17.7. The Hall–Kier alpha value is -2.50. The van der Waals surface area contributed by atoms with Gasteiger partial charge in [-0.2, -0.15) is 0 Å². The summed E-state index contributed by atoms with van der Waals surface area (Å²) in [7, 11) is 0. The fourth-order valence-corrected chi connectivity index (χ4v) is 3.50. The SMILES string of the molecule is CCOc1ccc(-n2c(NCc3ccc(Br)cc3)nc3ccc(Cl)cc32)cc1. The normalized spacial score (nSPS) is 11.0. The summed E-state index contributed by atoms with van der Waals surface area (Å²) in [4.78, 5) is 4.77. The van der Waals surface area contributed by atoms with Crippen molar-refractivity contribution >= 4 is 44.5 Å². The molecule has 0 spiro atoms. The molecule has 0 aliphatic carbocycles. The van der Waals surface area contributed by atoms with Gasteiger partial charge in [-0.25, -0.2) is 4.98 Å². The van der Waals surface area contributed by atoms with Gasteiger partial charge in [0.25, 0.3) is 0 Å². The van der Waals surface area contributed by atoms with Gasteiger partial charge in [0.15, 0.2) is 0 Å². The van der Waals surface area contributed by atoms with Crippen molar-refractivity contribution in [3.8, 4) is 11.4 Å². The second kappa shape index (κ2) is 8.25. The fraction of sp³-hybridized carbons (Fsp3) is 0.136. The number of imidazole rings is 1.